The number of rotatable bonds is 5. The number of ether oxygens (including phenoxy) is 2. The first-order valence-corrected chi connectivity index (χ1v) is 10.3. The summed E-state index contributed by atoms with van der Waals surface area (Å²) in [4.78, 5) is 42.2. The van der Waals surface area contributed by atoms with E-state index in [1.165, 1.54) is 48.3 Å². The Balaban J connectivity index is 1.62. The number of methoxy groups -OCH3 is 1. The van der Waals surface area contributed by atoms with Crippen LogP contribution in [0.2, 0.25) is 0 Å². The van der Waals surface area contributed by atoms with Crippen LogP contribution in [-0.2, 0) is 11.3 Å². The van der Waals surface area contributed by atoms with Gasteiger partial charge in [-0.2, -0.15) is 0 Å². The van der Waals surface area contributed by atoms with E-state index in [2.05, 4.69) is 9.72 Å². The van der Waals surface area contributed by atoms with Crippen molar-refractivity contribution in [1.82, 2.24) is 9.55 Å². The number of thiophene rings is 1. The zero-order chi connectivity index (χ0) is 22.8. The molecule has 0 aliphatic heterocycles. The van der Waals surface area contributed by atoms with Gasteiger partial charge in [0.15, 0.2) is 0 Å². The van der Waals surface area contributed by atoms with Crippen molar-refractivity contribution in [2.75, 3.05) is 7.11 Å². The Hall–Kier alpha value is -3.85. The van der Waals surface area contributed by atoms with Crippen LogP contribution in [0, 0.1) is 12.7 Å². The molecular formula is C23H17FN2O5S. The molecule has 4 rings (SSSR count). The van der Waals surface area contributed by atoms with E-state index in [0.717, 1.165) is 11.3 Å². The number of carbonyl (C=O) groups is 2. The fourth-order valence-corrected chi connectivity index (χ4v) is 4.22. The molecule has 0 fully saturated rings. The van der Waals surface area contributed by atoms with Crippen molar-refractivity contribution in [1.29, 1.82) is 0 Å². The molecule has 9 heteroatoms. The highest BCUT2D eigenvalue weighted by atomic mass is 32.1. The minimum Gasteiger partial charge on any atom is -0.465 e. The van der Waals surface area contributed by atoms with Gasteiger partial charge in [0, 0.05) is 5.56 Å². The molecule has 0 bridgehead atoms. The molecule has 2 aromatic carbocycles. The van der Waals surface area contributed by atoms with Gasteiger partial charge in [-0.1, -0.05) is 18.2 Å². The highest BCUT2D eigenvalue weighted by molar-refractivity contribution is 7.20. The molecule has 0 N–H and O–H groups in total. The summed E-state index contributed by atoms with van der Waals surface area (Å²) in [7, 11) is 1.28. The van der Waals surface area contributed by atoms with Crippen molar-refractivity contribution >= 4 is 33.5 Å². The van der Waals surface area contributed by atoms with Crippen LogP contribution in [0.5, 0.6) is 5.75 Å². The van der Waals surface area contributed by atoms with Gasteiger partial charge < -0.3 is 9.47 Å². The predicted octanol–water partition coefficient (Wildman–Crippen LogP) is 3.96. The molecule has 162 valence electrons. The molecule has 2 aromatic heterocycles. The highest BCUT2D eigenvalue weighted by Crippen LogP contribution is 2.28. The standard InChI is InChI=1S/C23H17FN2O5S/c1-13-18-20(25-12-26(21(18)27)11-15-5-3-4-6-17(15)24)32-19(13)23(29)31-16-9-7-14(8-10-16)22(28)30-2/h3-10,12H,11H2,1-2H3. The average Bonchev–Trinajstić information content (AvgIpc) is 3.14. The Labute approximate surface area is 185 Å². The second kappa shape index (κ2) is 8.72. The van der Waals surface area contributed by atoms with Gasteiger partial charge in [0.05, 0.1) is 30.9 Å². The third kappa shape index (κ3) is 4.02. The third-order valence-electron chi connectivity index (χ3n) is 4.89. The normalized spacial score (nSPS) is 10.8. The summed E-state index contributed by atoms with van der Waals surface area (Å²) in [5.41, 5.74) is 0.763. The summed E-state index contributed by atoms with van der Waals surface area (Å²) >= 11 is 1.05. The molecule has 2 heterocycles. The summed E-state index contributed by atoms with van der Waals surface area (Å²) in [6.45, 7) is 1.67. The minimum atomic E-state index is -0.642. The van der Waals surface area contributed by atoms with Crippen molar-refractivity contribution in [3.63, 3.8) is 0 Å². The number of esters is 2. The van der Waals surface area contributed by atoms with E-state index >= 15 is 0 Å². The van der Waals surface area contributed by atoms with Crippen molar-refractivity contribution in [3.8, 4) is 5.75 Å². The van der Waals surface area contributed by atoms with Crippen LogP contribution in [0.3, 0.4) is 0 Å². The second-order valence-electron chi connectivity index (χ2n) is 6.91. The Morgan fingerprint density at radius 1 is 1.09 bits per heavy atom. The maximum Gasteiger partial charge on any atom is 0.354 e. The molecule has 0 aliphatic rings. The number of halogens is 1. The number of hydrogen-bond donors (Lipinski definition) is 0. The van der Waals surface area contributed by atoms with Crippen LogP contribution in [0.15, 0.2) is 59.7 Å². The third-order valence-corrected chi connectivity index (χ3v) is 6.07. The monoisotopic (exact) mass is 452 g/mol. The van der Waals surface area contributed by atoms with Gasteiger partial charge in [0.2, 0.25) is 0 Å². The number of carbonyl (C=O) groups excluding carboxylic acids is 2. The topological polar surface area (TPSA) is 87.5 Å². The Bertz CT molecular complexity index is 1390. The SMILES string of the molecule is COC(=O)c1ccc(OC(=O)c2sc3ncn(Cc4ccccc4F)c(=O)c3c2C)cc1. The summed E-state index contributed by atoms with van der Waals surface area (Å²) in [6.07, 6.45) is 1.34. The lowest BCUT2D eigenvalue weighted by Crippen LogP contribution is -2.21. The first kappa shape index (κ1) is 21.4. The van der Waals surface area contributed by atoms with Gasteiger partial charge in [0.25, 0.3) is 5.56 Å². The first-order chi connectivity index (χ1) is 15.4. The van der Waals surface area contributed by atoms with Crippen LogP contribution < -0.4 is 10.3 Å². The van der Waals surface area contributed by atoms with Crippen molar-refractivity contribution < 1.29 is 23.5 Å². The molecule has 0 aliphatic carbocycles. The summed E-state index contributed by atoms with van der Waals surface area (Å²) in [5.74, 6) is -1.31. The van der Waals surface area contributed by atoms with E-state index in [1.54, 1.807) is 25.1 Å². The van der Waals surface area contributed by atoms with Gasteiger partial charge in [-0.05, 0) is 42.8 Å². The Morgan fingerprint density at radius 3 is 2.50 bits per heavy atom. The van der Waals surface area contributed by atoms with E-state index in [-0.39, 0.29) is 22.7 Å². The van der Waals surface area contributed by atoms with Gasteiger partial charge in [-0.3, -0.25) is 9.36 Å². The highest BCUT2D eigenvalue weighted by Gasteiger charge is 2.21. The van der Waals surface area contributed by atoms with Crippen molar-refractivity contribution in [3.05, 3.63) is 92.6 Å². The minimum absolute atomic E-state index is 0.0239. The Kier molecular flexibility index (Phi) is 5.83. The molecular weight excluding hydrogens is 435 g/mol. The number of aromatic nitrogens is 2. The van der Waals surface area contributed by atoms with E-state index in [0.29, 0.717) is 26.9 Å². The molecule has 0 radical (unpaired) electrons. The molecule has 7 nitrogen and oxygen atoms in total. The van der Waals surface area contributed by atoms with Gasteiger partial charge >= 0.3 is 11.9 Å². The van der Waals surface area contributed by atoms with E-state index in [4.69, 9.17) is 4.74 Å². The number of aryl methyl sites for hydroxylation is 1. The van der Waals surface area contributed by atoms with Crippen molar-refractivity contribution in [2.45, 2.75) is 13.5 Å². The smallest absolute Gasteiger partial charge is 0.354 e. The quantitative estimate of drug-likeness (QED) is 0.337. The number of nitrogens with zero attached hydrogens (tertiary/aromatic N) is 2. The van der Waals surface area contributed by atoms with E-state index in [1.807, 2.05) is 0 Å². The molecule has 0 saturated carbocycles. The fourth-order valence-electron chi connectivity index (χ4n) is 3.21. The molecule has 0 amide bonds. The largest absolute Gasteiger partial charge is 0.465 e. The number of fused-ring (bicyclic) bond motifs is 1. The maximum absolute atomic E-state index is 14.0. The zero-order valence-electron chi connectivity index (χ0n) is 17.1. The van der Waals surface area contributed by atoms with E-state index < -0.39 is 17.8 Å². The lowest BCUT2D eigenvalue weighted by atomic mass is 10.2. The van der Waals surface area contributed by atoms with Crippen LogP contribution in [-0.4, -0.2) is 28.6 Å². The Morgan fingerprint density at radius 2 is 1.81 bits per heavy atom. The molecule has 0 unspecified atom stereocenters. The maximum atomic E-state index is 14.0. The van der Waals surface area contributed by atoms with Gasteiger partial charge in [0.1, 0.15) is 21.3 Å². The van der Waals surface area contributed by atoms with Crippen LogP contribution in [0.25, 0.3) is 10.2 Å². The molecule has 0 saturated heterocycles. The number of hydrogen-bond acceptors (Lipinski definition) is 7. The van der Waals surface area contributed by atoms with Crippen LogP contribution >= 0.6 is 11.3 Å². The predicted molar refractivity (Wildman–Crippen MR) is 117 cm³/mol. The molecule has 4 aromatic rings. The van der Waals surface area contributed by atoms with Gasteiger partial charge in [-0.25, -0.2) is 19.0 Å². The fraction of sp³-hybridized carbons (Fsp3) is 0.130. The first-order valence-electron chi connectivity index (χ1n) is 9.51. The zero-order valence-corrected chi connectivity index (χ0v) is 17.9. The van der Waals surface area contributed by atoms with Crippen molar-refractivity contribution in [2.24, 2.45) is 0 Å². The molecule has 0 atom stereocenters. The van der Waals surface area contributed by atoms with Gasteiger partial charge in [-0.15, -0.1) is 11.3 Å². The van der Waals surface area contributed by atoms with Crippen LogP contribution in [0.4, 0.5) is 4.39 Å². The molecule has 32 heavy (non-hydrogen) atoms. The summed E-state index contributed by atoms with van der Waals surface area (Å²) in [6, 6.07) is 12.1. The number of benzene rings is 2. The molecule has 0 spiro atoms. The lowest BCUT2D eigenvalue weighted by molar-refractivity contribution is 0.0600. The summed E-state index contributed by atoms with van der Waals surface area (Å²) in [5, 5.41) is 0.293. The van der Waals surface area contributed by atoms with E-state index in [9.17, 15) is 18.8 Å². The second-order valence-corrected chi connectivity index (χ2v) is 7.91. The van der Waals surface area contributed by atoms with Crippen LogP contribution in [0.1, 0.15) is 31.2 Å². The summed E-state index contributed by atoms with van der Waals surface area (Å²) < 4.78 is 25.3. The average molecular weight is 452 g/mol. The lowest BCUT2D eigenvalue weighted by Gasteiger charge is -2.06.